The minimum absolute atomic E-state index is 0. The van der Waals surface area contributed by atoms with Crippen LogP contribution in [0.2, 0.25) is 0 Å². The van der Waals surface area contributed by atoms with Crippen LogP contribution in [0, 0.1) is 18.8 Å². The Hall–Kier alpha value is -1.04. The number of likely N-dealkylation sites (tertiary alicyclic amines) is 1. The summed E-state index contributed by atoms with van der Waals surface area (Å²) in [6.45, 7) is 4.19. The molecule has 1 aliphatic heterocycles. The summed E-state index contributed by atoms with van der Waals surface area (Å²) < 4.78 is 3.21. The van der Waals surface area contributed by atoms with E-state index in [1.54, 1.807) is 0 Å². The summed E-state index contributed by atoms with van der Waals surface area (Å²) in [6.07, 6.45) is 2.29. The fourth-order valence-electron chi connectivity index (χ4n) is 4.34. The van der Waals surface area contributed by atoms with Gasteiger partial charge in [0, 0.05) is 40.2 Å². The Bertz CT molecular complexity index is 775. The lowest BCUT2D eigenvalue weighted by Gasteiger charge is -2.20. The molecule has 1 amide bonds. The van der Waals surface area contributed by atoms with Crippen molar-refractivity contribution in [2.45, 2.75) is 32.4 Å². The Labute approximate surface area is 156 Å². The number of carbonyl (C=O) groups is 1. The molecular weight excluding hydrogens is 390 g/mol. The summed E-state index contributed by atoms with van der Waals surface area (Å²) in [4.78, 5) is 14.8. The van der Waals surface area contributed by atoms with E-state index in [0.29, 0.717) is 18.4 Å². The van der Waals surface area contributed by atoms with E-state index in [2.05, 4.69) is 39.6 Å². The number of hydrogen-bond donors (Lipinski definition) is 1. The van der Waals surface area contributed by atoms with Crippen LogP contribution in [0.1, 0.15) is 18.5 Å². The monoisotopic (exact) mass is 411 g/mol. The lowest BCUT2D eigenvalue weighted by atomic mass is 9.98. The highest BCUT2D eigenvalue weighted by Gasteiger charge is 2.42. The predicted molar refractivity (Wildman–Crippen MR) is 102 cm³/mol. The second kappa shape index (κ2) is 6.70. The molecule has 2 heterocycles. The van der Waals surface area contributed by atoms with Crippen LogP contribution in [0.15, 0.2) is 28.7 Å². The van der Waals surface area contributed by atoms with Gasteiger partial charge in [-0.05, 0) is 53.6 Å². The van der Waals surface area contributed by atoms with E-state index < -0.39 is 0 Å². The molecule has 2 fully saturated rings. The van der Waals surface area contributed by atoms with Crippen molar-refractivity contribution in [1.82, 2.24) is 9.47 Å². The molecule has 4 rings (SSSR count). The van der Waals surface area contributed by atoms with Gasteiger partial charge in [-0.1, -0.05) is 18.2 Å². The number of rotatable bonds is 2. The SMILES string of the molecule is Cc1c(Br)c2ccccc2n1CC(=O)N1CC2CCC(N)C2C1.Cl. The second-order valence-electron chi connectivity index (χ2n) is 6.97. The zero-order chi connectivity index (χ0) is 16.1. The summed E-state index contributed by atoms with van der Waals surface area (Å²) >= 11 is 3.66. The standard InChI is InChI=1S/C18H22BrN3O.ClH/c1-11-18(19)13-4-2-3-5-16(13)22(11)10-17(23)21-8-12-6-7-15(20)14(12)9-21;/h2-5,12,14-15H,6-10,20H2,1H3;1H. The highest BCUT2D eigenvalue weighted by atomic mass is 79.9. The molecule has 4 nitrogen and oxygen atoms in total. The molecule has 0 bridgehead atoms. The first-order valence-electron chi connectivity index (χ1n) is 8.33. The molecule has 2 N–H and O–H groups in total. The van der Waals surface area contributed by atoms with Gasteiger partial charge in [-0.25, -0.2) is 0 Å². The average Bonchev–Trinajstić information content (AvgIpc) is 3.19. The number of para-hydroxylation sites is 1. The highest BCUT2D eigenvalue weighted by Crippen LogP contribution is 2.37. The third kappa shape index (κ3) is 2.76. The van der Waals surface area contributed by atoms with Gasteiger partial charge in [-0.3, -0.25) is 4.79 Å². The Balaban J connectivity index is 0.00000169. The Morgan fingerprint density at radius 3 is 2.79 bits per heavy atom. The topological polar surface area (TPSA) is 51.3 Å². The van der Waals surface area contributed by atoms with Crippen molar-refractivity contribution in [2.24, 2.45) is 17.6 Å². The minimum atomic E-state index is 0. The molecule has 3 atom stereocenters. The molecule has 2 aliphatic rings. The van der Waals surface area contributed by atoms with Crippen molar-refractivity contribution >= 4 is 45.1 Å². The van der Waals surface area contributed by atoms with Crippen molar-refractivity contribution < 1.29 is 4.79 Å². The predicted octanol–water partition coefficient (Wildman–Crippen LogP) is 3.33. The summed E-state index contributed by atoms with van der Waals surface area (Å²) in [5, 5.41) is 1.16. The summed E-state index contributed by atoms with van der Waals surface area (Å²) in [5.74, 6) is 1.33. The van der Waals surface area contributed by atoms with Crippen LogP contribution in [-0.2, 0) is 11.3 Å². The number of hydrogen-bond acceptors (Lipinski definition) is 2. The van der Waals surface area contributed by atoms with Crippen LogP contribution in [0.3, 0.4) is 0 Å². The minimum Gasteiger partial charge on any atom is -0.341 e. The number of nitrogens with two attached hydrogens (primary N) is 1. The van der Waals surface area contributed by atoms with E-state index in [0.717, 1.165) is 40.6 Å². The van der Waals surface area contributed by atoms with E-state index in [9.17, 15) is 4.79 Å². The molecule has 3 unspecified atom stereocenters. The third-order valence-corrected chi connectivity index (χ3v) is 6.71. The van der Waals surface area contributed by atoms with Gasteiger partial charge in [-0.2, -0.15) is 0 Å². The van der Waals surface area contributed by atoms with E-state index in [1.807, 2.05) is 17.0 Å². The maximum atomic E-state index is 12.8. The van der Waals surface area contributed by atoms with E-state index in [1.165, 1.54) is 6.42 Å². The van der Waals surface area contributed by atoms with Gasteiger partial charge >= 0.3 is 0 Å². The van der Waals surface area contributed by atoms with E-state index in [-0.39, 0.29) is 24.4 Å². The summed E-state index contributed by atoms with van der Waals surface area (Å²) in [7, 11) is 0. The second-order valence-corrected chi connectivity index (χ2v) is 7.76. The fraction of sp³-hybridized carbons (Fsp3) is 0.500. The molecule has 1 aromatic carbocycles. The van der Waals surface area contributed by atoms with Gasteiger partial charge in [0.2, 0.25) is 5.91 Å². The first-order valence-corrected chi connectivity index (χ1v) is 9.12. The maximum absolute atomic E-state index is 12.8. The van der Waals surface area contributed by atoms with Crippen LogP contribution < -0.4 is 5.73 Å². The van der Waals surface area contributed by atoms with Crippen molar-refractivity contribution in [3.8, 4) is 0 Å². The number of nitrogens with zero attached hydrogens (tertiary/aromatic N) is 2. The number of benzene rings is 1. The maximum Gasteiger partial charge on any atom is 0.242 e. The first kappa shape index (κ1) is 17.8. The van der Waals surface area contributed by atoms with Crippen molar-refractivity contribution in [2.75, 3.05) is 13.1 Å². The van der Waals surface area contributed by atoms with Crippen LogP contribution in [-0.4, -0.2) is 34.5 Å². The van der Waals surface area contributed by atoms with Gasteiger partial charge < -0.3 is 15.2 Å². The van der Waals surface area contributed by atoms with Crippen LogP contribution in [0.25, 0.3) is 10.9 Å². The van der Waals surface area contributed by atoms with Crippen LogP contribution in [0.5, 0.6) is 0 Å². The molecule has 6 heteroatoms. The average molecular weight is 413 g/mol. The summed E-state index contributed by atoms with van der Waals surface area (Å²) in [5.41, 5.74) is 8.41. The third-order valence-electron chi connectivity index (χ3n) is 5.71. The van der Waals surface area contributed by atoms with Crippen molar-refractivity contribution in [1.29, 1.82) is 0 Å². The number of carbonyl (C=O) groups excluding carboxylic acids is 1. The molecule has 0 radical (unpaired) electrons. The van der Waals surface area contributed by atoms with E-state index in [4.69, 9.17) is 5.73 Å². The molecular formula is C18H23BrClN3O. The molecule has 0 spiro atoms. The number of fused-ring (bicyclic) bond motifs is 2. The zero-order valence-corrected chi connectivity index (χ0v) is 16.1. The highest BCUT2D eigenvalue weighted by molar-refractivity contribution is 9.10. The number of amides is 1. The first-order chi connectivity index (χ1) is 11.1. The normalized spacial score (nSPS) is 25.8. The van der Waals surface area contributed by atoms with Crippen LogP contribution in [0.4, 0.5) is 0 Å². The molecule has 130 valence electrons. The molecule has 1 saturated carbocycles. The quantitative estimate of drug-likeness (QED) is 0.822. The number of aromatic nitrogens is 1. The van der Waals surface area contributed by atoms with Gasteiger partial charge in [0.1, 0.15) is 6.54 Å². The zero-order valence-electron chi connectivity index (χ0n) is 13.7. The van der Waals surface area contributed by atoms with Gasteiger partial charge in [0.25, 0.3) is 0 Å². The van der Waals surface area contributed by atoms with Crippen LogP contribution >= 0.6 is 28.3 Å². The largest absolute Gasteiger partial charge is 0.341 e. The fourth-order valence-corrected chi connectivity index (χ4v) is 4.89. The van der Waals surface area contributed by atoms with Gasteiger partial charge in [-0.15, -0.1) is 12.4 Å². The molecule has 24 heavy (non-hydrogen) atoms. The Kier molecular flexibility index (Phi) is 4.96. The number of halogens is 2. The van der Waals surface area contributed by atoms with Gasteiger partial charge in [0.05, 0.1) is 0 Å². The molecule has 1 saturated heterocycles. The van der Waals surface area contributed by atoms with Gasteiger partial charge in [0.15, 0.2) is 0 Å². The Morgan fingerprint density at radius 1 is 1.29 bits per heavy atom. The Morgan fingerprint density at radius 2 is 2.04 bits per heavy atom. The molecule has 2 aromatic rings. The van der Waals surface area contributed by atoms with E-state index >= 15 is 0 Å². The summed E-state index contributed by atoms with van der Waals surface area (Å²) in [6, 6.07) is 8.50. The van der Waals surface area contributed by atoms with Crippen molar-refractivity contribution in [3.05, 3.63) is 34.4 Å². The lowest BCUT2D eigenvalue weighted by molar-refractivity contribution is -0.131. The molecule has 1 aromatic heterocycles. The smallest absolute Gasteiger partial charge is 0.242 e. The lowest BCUT2D eigenvalue weighted by Crippen LogP contribution is -2.35. The molecule has 1 aliphatic carbocycles. The van der Waals surface area contributed by atoms with Crippen molar-refractivity contribution in [3.63, 3.8) is 0 Å².